The van der Waals surface area contributed by atoms with Crippen molar-refractivity contribution < 1.29 is 9.59 Å². The van der Waals surface area contributed by atoms with Crippen molar-refractivity contribution in [1.29, 1.82) is 0 Å². The molecule has 172 valence electrons. The van der Waals surface area contributed by atoms with Crippen LogP contribution in [0.4, 0.5) is 0 Å². The quantitative estimate of drug-likeness (QED) is 0.117. The minimum Gasteiger partial charge on any atom is -0.369 e. The Balaban J connectivity index is 3.87. The zero-order valence-corrected chi connectivity index (χ0v) is 22.1. The third-order valence-electron chi connectivity index (χ3n) is 4.64. The lowest BCUT2D eigenvalue weighted by atomic mass is 10.1. The molecular weight excluding hydrogens is 461 g/mol. The molecule has 0 aromatic carbocycles. The third kappa shape index (κ3) is 19.1. The van der Waals surface area contributed by atoms with Gasteiger partial charge in [-0.15, -0.1) is 0 Å². The molecule has 29 heavy (non-hydrogen) atoms. The predicted molar refractivity (Wildman–Crippen MR) is 140 cm³/mol. The van der Waals surface area contributed by atoms with Crippen LogP contribution in [0.1, 0.15) is 104 Å². The lowest BCUT2D eigenvalue weighted by molar-refractivity contribution is -0.118. The zero-order valence-electron chi connectivity index (χ0n) is 18.1. The fraction of sp³-hybridized carbons (Fsp3) is 0.900. The number of nitrogens with two attached hydrogens (primary N) is 2. The van der Waals surface area contributed by atoms with Crippen LogP contribution in [-0.2, 0) is 9.59 Å². The first-order valence-corrected chi connectivity index (χ1v) is 17.2. The molecule has 4 nitrogen and oxygen atoms in total. The van der Waals surface area contributed by atoms with Crippen molar-refractivity contribution in [2.24, 2.45) is 11.5 Å². The minimum atomic E-state index is -0.229. The van der Waals surface area contributed by atoms with E-state index in [1.807, 2.05) is 0 Å². The first kappa shape index (κ1) is 29.7. The molecule has 0 aromatic heterocycles. The van der Waals surface area contributed by atoms with Gasteiger partial charge in [0.15, 0.2) is 0 Å². The normalized spacial score (nSPS) is 13.3. The van der Waals surface area contributed by atoms with Crippen molar-refractivity contribution in [2.75, 3.05) is 0 Å². The Hall–Kier alpha value is 0.690. The number of carbonyl (C=O) groups is 2. The van der Waals surface area contributed by atoms with Gasteiger partial charge in [-0.1, -0.05) is 112 Å². The van der Waals surface area contributed by atoms with Crippen molar-refractivity contribution in [3.05, 3.63) is 0 Å². The average molecular weight is 501 g/mol. The second-order valence-electron chi connectivity index (χ2n) is 7.29. The lowest BCUT2D eigenvalue weighted by Gasteiger charge is -2.13. The first-order chi connectivity index (χ1) is 14.0. The Bertz CT molecular complexity index is 380. The lowest BCUT2D eigenvalue weighted by Crippen LogP contribution is -2.25. The topological polar surface area (TPSA) is 86.2 Å². The molecule has 2 amide bonds. The van der Waals surface area contributed by atoms with Gasteiger partial charge in [-0.05, 0) is 42.3 Å². The number of hydrogen-bond acceptors (Lipinski definition) is 7. The number of primary amides is 2. The number of unbranched alkanes of at least 4 members (excludes halogenated alkanes) is 10. The van der Waals surface area contributed by atoms with E-state index >= 15 is 0 Å². The van der Waals surface area contributed by atoms with Gasteiger partial charge in [0.1, 0.15) is 0 Å². The Kier molecular flexibility index (Phi) is 22.4. The van der Waals surface area contributed by atoms with E-state index in [9.17, 15) is 9.59 Å². The second-order valence-corrected chi connectivity index (χ2v) is 15.3. The fourth-order valence-electron chi connectivity index (χ4n) is 2.83. The van der Waals surface area contributed by atoms with Crippen molar-refractivity contribution in [1.82, 2.24) is 0 Å². The summed E-state index contributed by atoms with van der Waals surface area (Å²) < 4.78 is 0. The van der Waals surface area contributed by atoms with Crippen LogP contribution in [0.5, 0.6) is 0 Å². The van der Waals surface area contributed by atoms with Crippen LogP contribution in [0, 0.1) is 0 Å². The predicted octanol–water partition coefficient (Wildman–Crippen LogP) is 7.52. The van der Waals surface area contributed by atoms with Gasteiger partial charge in [-0.2, -0.15) is 0 Å². The molecule has 0 spiro atoms. The number of rotatable bonds is 22. The molecule has 0 saturated carbocycles. The van der Waals surface area contributed by atoms with E-state index < -0.39 is 0 Å². The summed E-state index contributed by atoms with van der Waals surface area (Å²) >= 11 is 0. The van der Waals surface area contributed by atoms with Crippen molar-refractivity contribution in [3.8, 4) is 0 Å². The Labute approximate surface area is 197 Å². The van der Waals surface area contributed by atoms with E-state index in [1.165, 1.54) is 64.2 Å². The van der Waals surface area contributed by atoms with Gasteiger partial charge in [0.25, 0.3) is 0 Å². The molecule has 0 fully saturated rings. The van der Waals surface area contributed by atoms with Crippen LogP contribution < -0.4 is 11.5 Å². The van der Waals surface area contributed by atoms with Gasteiger partial charge in [-0.25, -0.2) is 0 Å². The molecule has 0 aliphatic rings. The summed E-state index contributed by atoms with van der Waals surface area (Å²) in [6.45, 7) is 4.43. The van der Waals surface area contributed by atoms with E-state index in [-0.39, 0.29) is 22.3 Å². The van der Waals surface area contributed by atoms with Crippen molar-refractivity contribution in [3.63, 3.8) is 0 Å². The average Bonchev–Trinajstić information content (AvgIpc) is 2.69. The Morgan fingerprint density at radius 1 is 0.586 bits per heavy atom. The molecule has 0 aromatic rings. The highest BCUT2D eigenvalue weighted by atomic mass is 33.8. The van der Waals surface area contributed by atoms with Crippen LogP contribution in [0.15, 0.2) is 0 Å². The monoisotopic (exact) mass is 500 g/mol. The molecule has 0 heterocycles. The molecule has 4 N–H and O–H groups in total. The summed E-state index contributed by atoms with van der Waals surface area (Å²) in [5, 5.41) is -0.279. The van der Waals surface area contributed by atoms with Crippen LogP contribution in [0.2, 0.25) is 0 Å². The summed E-state index contributed by atoms with van der Waals surface area (Å²) in [6, 6.07) is 0. The van der Waals surface area contributed by atoms with Gasteiger partial charge in [0, 0.05) is 0 Å². The van der Waals surface area contributed by atoms with Gasteiger partial charge in [0.2, 0.25) is 11.8 Å². The standard InChI is InChI=1S/C20H40N2O2S5/c1-3-5-7-9-11-13-15-17(19(21)23)25-27-29-28-26-18(20(22)24)16-14-12-10-8-6-4-2/h17-18H,3-16H2,1-2H3,(H2,21,23)(H2,22,24). The first-order valence-electron chi connectivity index (χ1n) is 10.9. The van der Waals surface area contributed by atoms with E-state index in [1.54, 1.807) is 51.1 Å². The smallest absolute Gasteiger partial charge is 0.231 e. The fourth-order valence-corrected chi connectivity index (χ4v) is 12.5. The molecule has 9 heteroatoms. The zero-order chi connectivity index (χ0) is 21.7. The molecular formula is C20H40N2O2S5. The van der Waals surface area contributed by atoms with Gasteiger partial charge < -0.3 is 11.5 Å². The summed E-state index contributed by atoms with van der Waals surface area (Å²) in [6.07, 6.45) is 16.3. The number of amides is 2. The van der Waals surface area contributed by atoms with Gasteiger partial charge in [-0.3, -0.25) is 9.59 Å². The maximum Gasteiger partial charge on any atom is 0.231 e. The highest BCUT2D eigenvalue weighted by molar-refractivity contribution is 9.35. The molecule has 0 aliphatic heterocycles. The summed E-state index contributed by atoms with van der Waals surface area (Å²) in [4.78, 5) is 23.3. The third-order valence-corrected chi connectivity index (χ3v) is 13.9. The highest BCUT2D eigenvalue weighted by Crippen LogP contribution is 2.51. The van der Waals surface area contributed by atoms with Crippen LogP contribution >= 0.6 is 51.1 Å². The van der Waals surface area contributed by atoms with Gasteiger partial charge in [0.05, 0.1) is 10.5 Å². The van der Waals surface area contributed by atoms with Gasteiger partial charge >= 0.3 is 0 Å². The summed E-state index contributed by atoms with van der Waals surface area (Å²) in [7, 11) is 7.82. The molecule has 0 rings (SSSR count). The van der Waals surface area contributed by atoms with Crippen LogP contribution in [0.25, 0.3) is 0 Å². The van der Waals surface area contributed by atoms with Crippen LogP contribution in [0.3, 0.4) is 0 Å². The Morgan fingerprint density at radius 3 is 1.28 bits per heavy atom. The molecule has 2 unspecified atom stereocenters. The van der Waals surface area contributed by atoms with E-state index in [4.69, 9.17) is 11.5 Å². The highest BCUT2D eigenvalue weighted by Gasteiger charge is 2.18. The Morgan fingerprint density at radius 2 is 0.931 bits per heavy atom. The molecule has 0 bridgehead atoms. The molecule has 0 saturated heterocycles. The van der Waals surface area contributed by atoms with E-state index in [0.717, 1.165) is 25.7 Å². The molecule has 0 radical (unpaired) electrons. The second kappa shape index (κ2) is 21.9. The van der Waals surface area contributed by atoms with Crippen molar-refractivity contribution in [2.45, 2.75) is 114 Å². The number of hydrogen-bond donors (Lipinski definition) is 2. The summed E-state index contributed by atoms with van der Waals surface area (Å²) in [5.41, 5.74) is 11.1. The van der Waals surface area contributed by atoms with Crippen molar-refractivity contribution >= 4 is 62.9 Å². The molecule has 0 aliphatic carbocycles. The number of carbonyl (C=O) groups excluding carboxylic acids is 2. The van der Waals surface area contributed by atoms with E-state index in [2.05, 4.69) is 13.8 Å². The summed E-state index contributed by atoms with van der Waals surface area (Å²) in [5.74, 6) is -0.459. The largest absolute Gasteiger partial charge is 0.369 e. The maximum atomic E-state index is 11.6. The minimum absolute atomic E-state index is 0.140. The van der Waals surface area contributed by atoms with E-state index in [0.29, 0.717) is 0 Å². The van der Waals surface area contributed by atoms with Crippen LogP contribution in [-0.4, -0.2) is 22.3 Å². The SMILES string of the molecule is CCCCCCCCC(SSSSSC(CCCCCCCC)C(N)=O)C(N)=O. The molecule has 2 atom stereocenters. The maximum absolute atomic E-state index is 11.6.